The number of fused-ring (bicyclic) bond motifs is 1. The SMILES string of the molecule is Cn1c(=O)cc(-c2cccc(Cl)c2)c2cc(/C(=N\S(=O)C(C)(C)C)c3ccc(Cl)cc3)ccc21. The first-order valence-corrected chi connectivity index (χ1v) is 12.6. The Morgan fingerprint density at radius 1 is 0.882 bits per heavy atom. The molecule has 174 valence electrons. The molecule has 0 radical (unpaired) electrons. The van der Waals surface area contributed by atoms with Crippen LogP contribution < -0.4 is 5.56 Å². The quantitative estimate of drug-likeness (QED) is 0.283. The van der Waals surface area contributed by atoms with Crippen LogP contribution in [0, 0.1) is 0 Å². The molecule has 7 heteroatoms. The van der Waals surface area contributed by atoms with Crippen LogP contribution in [0.25, 0.3) is 22.0 Å². The van der Waals surface area contributed by atoms with Crippen LogP contribution in [-0.4, -0.2) is 19.2 Å². The molecule has 1 unspecified atom stereocenters. The van der Waals surface area contributed by atoms with Gasteiger partial charge in [-0.2, -0.15) is 4.40 Å². The first kappa shape index (κ1) is 24.4. The van der Waals surface area contributed by atoms with Crippen molar-refractivity contribution in [3.8, 4) is 11.1 Å². The van der Waals surface area contributed by atoms with Gasteiger partial charge in [0.25, 0.3) is 5.56 Å². The zero-order valence-electron chi connectivity index (χ0n) is 19.3. The minimum Gasteiger partial charge on any atom is -0.311 e. The molecule has 0 aliphatic heterocycles. The summed E-state index contributed by atoms with van der Waals surface area (Å²) in [6.45, 7) is 5.67. The standard InChI is InChI=1S/C27H24Cl2N2O2S/c1-27(2,3)34(33)30-26(17-8-11-20(28)12-9-17)19-10-13-24-23(15-19)22(16-25(32)31(24)4)18-6-5-7-21(29)14-18/h5-16H,1-4H3/b30-26-. The number of hydrogen-bond donors (Lipinski definition) is 0. The van der Waals surface area contributed by atoms with Gasteiger partial charge < -0.3 is 4.57 Å². The second kappa shape index (κ2) is 9.49. The number of benzene rings is 3. The summed E-state index contributed by atoms with van der Waals surface area (Å²) in [7, 11) is 0.267. The normalized spacial score (nSPS) is 13.3. The molecule has 3 aromatic carbocycles. The summed E-state index contributed by atoms with van der Waals surface area (Å²) >= 11 is 12.4. The molecule has 1 atom stereocenters. The molecule has 0 aliphatic rings. The fourth-order valence-electron chi connectivity index (χ4n) is 3.60. The molecule has 0 N–H and O–H groups in total. The highest BCUT2D eigenvalue weighted by atomic mass is 35.5. The Kier molecular flexibility index (Phi) is 6.81. The molecule has 1 heterocycles. The maximum absolute atomic E-state index is 13.0. The Balaban J connectivity index is 2.01. The summed E-state index contributed by atoms with van der Waals surface area (Å²) in [5.74, 6) is 0. The van der Waals surface area contributed by atoms with E-state index >= 15 is 0 Å². The minimum absolute atomic E-state index is 0.115. The van der Waals surface area contributed by atoms with Gasteiger partial charge in [-0.05, 0) is 68.3 Å². The van der Waals surface area contributed by atoms with Crippen molar-refractivity contribution in [2.75, 3.05) is 0 Å². The maximum Gasteiger partial charge on any atom is 0.251 e. The molecule has 0 spiro atoms. The van der Waals surface area contributed by atoms with Crippen molar-refractivity contribution in [1.29, 1.82) is 0 Å². The van der Waals surface area contributed by atoms with Crippen molar-refractivity contribution >= 4 is 50.8 Å². The van der Waals surface area contributed by atoms with Crippen LogP contribution in [0.5, 0.6) is 0 Å². The Bertz CT molecular complexity index is 1500. The molecule has 4 aromatic rings. The molecule has 4 nitrogen and oxygen atoms in total. The molecule has 0 bridgehead atoms. The van der Waals surface area contributed by atoms with E-state index in [-0.39, 0.29) is 5.56 Å². The van der Waals surface area contributed by atoms with Gasteiger partial charge in [-0.15, -0.1) is 0 Å². The first-order valence-electron chi connectivity index (χ1n) is 10.7. The van der Waals surface area contributed by atoms with Crippen LogP contribution in [0.3, 0.4) is 0 Å². The van der Waals surface area contributed by atoms with Gasteiger partial charge in [-0.25, -0.2) is 4.21 Å². The van der Waals surface area contributed by atoms with Gasteiger partial charge in [0.2, 0.25) is 0 Å². The number of aromatic nitrogens is 1. The van der Waals surface area contributed by atoms with Crippen molar-refractivity contribution in [1.82, 2.24) is 4.57 Å². The van der Waals surface area contributed by atoms with E-state index in [9.17, 15) is 9.00 Å². The zero-order valence-corrected chi connectivity index (χ0v) is 21.6. The fourth-order valence-corrected chi connectivity index (χ4v) is 4.57. The van der Waals surface area contributed by atoms with Crippen LogP contribution in [0.15, 0.2) is 82.0 Å². The second-order valence-electron chi connectivity index (χ2n) is 9.01. The summed E-state index contributed by atoms with van der Waals surface area (Å²) in [4.78, 5) is 12.7. The maximum atomic E-state index is 13.0. The lowest BCUT2D eigenvalue weighted by atomic mass is 9.96. The van der Waals surface area contributed by atoms with Gasteiger partial charge in [0.05, 0.1) is 16.0 Å². The summed E-state index contributed by atoms with van der Waals surface area (Å²) in [6.07, 6.45) is 0. The van der Waals surface area contributed by atoms with E-state index in [0.717, 1.165) is 33.2 Å². The summed E-state index contributed by atoms with van der Waals surface area (Å²) in [6, 6.07) is 22.1. The third kappa shape index (κ3) is 5.02. The topological polar surface area (TPSA) is 51.4 Å². The van der Waals surface area contributed by atoms with Gasteiger partial charge in [-0.3, -0.25) is 4.79 Å². The molecule has 0 fully saturated rings. The molecule has 0 aliphatic carbocycles. The number of nitrogens with zero attached hydrogens (tertiary/aromatic N) is 2. The average molecular weight is 511 g/mol. The molecule has 0 amide bonds. The predicted molar refractivity (Wildman–Crippen MR) is 145 cm³/mol. The van der Waals surface area contributed by atoms with E-state index in [1.165, 1.54) is 0 Å². The van der Waals surface area contributed by atoms with Crippen molar-refractivity contribution in [2.24, 2.45) is 11.4 Å². The molecular formula is C27H24Cl2N2O2S. The smallest absolute Gasteiger partial charge is 0.251 e. The van der Waals surface area contributed by atoms with Crippen molar-refractivity contribution in [3.63, 3.8) is 0 Å². The molecule has 34 heavy (non-hydrogen) atoms. The summed E-state index contributed by atoms with van der Waals surface area (Å²) in [5.41, 5.74) is 4.46. The highest BCUT2D eigenvalue weighted by Gasteiger charge is 2.21. The largest absolute Gasteiger partial charge is 0.311 e. The highest BCUT2D eigenvalue weighted by molar-refractivity contribution is 7.85. The van der Waals surface area contributed by atoms with Crippen LogP contribution in [0.1, 0.15) is 31.9 Å². The summed E-state index contributed by atoms with van der Waals surface area (Å²) < 4.78 is 18.7. The number of rotatable bonds is 4. The molecule has 4 rings (SSSR count). The number of pyridine rings is 1. The van der Waals surface area contributed by atoms with Crippen LogP contribution in [0.4, 0.5) is 0 Å². The zero-order chi connectivity index (χ0) is 24.6. The lowest BCUT2D eigenvalue weighted by Crippen LogP contribution is -2.21. The van der Waals surface area contributed by atoms with E-state index in [4.69, 9.17) is 23.2 Å². The van der Waals surface area contributed by atoms with Gasteiger partial charge in [0, 0.05) is 39.7 Å². The minimum atomic E-state index is -1.48. The highest BCUT2D eigenvalue weighted by Crippen LogP contribution is 2.30. The lowest BCUT2D eigenvalue weighted by Gasteiger charge is -2.17. The number of hydrogen-bond acceptors (Lipinski definition) is 2. The molecule has 0 saturated heterocycles. The average Bonchev–Trinajstić information content (AvgIpc) is 2.79. The predicted octanol–water partition coefficient (Wildman–Crippen LogP) is 6.81. The van der Waals surface area contributed by atoms with Crippen LogP contribution in [-0.2, 0) is 18.0 Å². The van der Waals surface area contributed by atoms with Crippen LogP contribution >= 0.6 is 23.2 Å². The monoisotopic (exact) mass is 510 g/mol. The van der Waals surface area contributed by atoms with Gasteiger partial charge in [0.15, 0.2) is 0 Å². The fraction of sp³-hybridized carbons (Fsp3) is 0.185. The third-order valence-corrected chi connectivity index (χ3v) is 7.35. The van der Waals surface area contributed by atoms with Crippen LogP contribution in [0.2, 0.25) is 10.0 Å². The Hall–Kier alpha value is -2.73. The van der Waals surface area contributed by atoms with E-state index in [1.54, 1.807) is 35.9 Å². The Morgan fingerprint density at radius 2 is 1.56 bits per heavy atom. The Labute approximate surface area is 211 Å². The van der Waals surface area contributed by atoms with Crippen molar-refractivity contribution in [2.45, 2.75) is 25.5 Å². The third-order valence-electron chi connectivity index (χ3n) is 5.47. The van der Waals surface area contributed by atoms with Gasteiger partial charge in [0.1, 0.15) is 11.0 Å². The van der Waals surface area contributed by atoms with E-state index in [2.05, 4.69) is 4.40 Å². The van der Waals surface area contributed by atoms with Gasteiger partial charge in [-0.1, -0.05) is 53.5 Å². The first-order chi connectivity index (χ1) is 16.0. The number of aryl methyl sites for hydroxylation is 1. The van der Waals surface area contributed by atoms with E-state index in [0.29, 0.717) is 15.8 Å². The molecular weight excluding hydrogens is 487 g/mol. The second-order valence-corrected chi connectivity index (χ2v) is 11.8. The van der Waals surface area contributed by atoms with E-state index in [1.807, 2.05) is 69.3 Å². The summed E-state index contributed by atoms with van der Waals surface area (Å²) in [5, 5.41) is 2.06. The Morgan fingerprint density at radius 3 is 2.21 bits per heavy atom. The van der Waals surface area contributed by atoms with Crippen molar-refractivity contribution in [3.05, 3.63) is 104 Å². The van der Waals surface area contributed by atoms with E-state index < -0.39 is 15.7 Å². The van der Waals surface area contributed by atoms with Crippen molar-refractivity contribution < 1.29 is 4.21 Å². The lowest BCUT2D eigenvalue weighted by molar-refractivity contribution is 0.650. The molecule has 0 saturated carbocycles. The molecule has 1 aromatic heterocycles. The number of halogens is 2. The van der Waals surface area contributed by atoms with Gasteiger partial charge >= 0.3 is 0 Å².